The van der Waals surface area contributed by atoms with Crippen LogP contribution in [0.2, 0.25) is 0 Å². The molecule has 2 aliphatic rings. The fourth-order valence-electron chi connectivity index (χ4n) is 2.94. The van der Waals surface area contributed by atoms with Crippen LogP contribution in [0.4, 0.5) is 0 Å². The molecule has 0 aromatic carbocycles. The largest absolute Gasteiger partial charge is 0.480 e. The molecule has 1 N–H and O–H groups in total. The summed E-state index contributed by atoms with van der Waals surface area (Å²) in [7, 11) is 0. The van der Waals surface area contributed by atoms with Gasteiger partial charge in [-0.2, -0.15) is 0 Å². The zero-order valence-electron chi connectivity index (χ0n) is 12.5. The molecule has 2 heterocycles. The van der Waals surface area contributed by atoms with Crippen molar-refractivity contribution in [3.05, 3.63) is 0 Å². The van der Waals surface area contributed by atoms with E-state index in [4.69, 9.17) is 9.84 Å². The Balaban J connectivity index is 1.76. The summed E-state index contributed by atoms with van der Waals surface area (Å²) < 4.78 is 5.30. The number of carbonyl (C=O) groups is 3. The first kappa shape index (κ1) is 15.8. The minimum atomic E-state index is -1.00. The highest BCUT2D eigenvalue weighted by atomic mass is 16.5. The monoisotopic (exact) mass is 298 g/mol. The van der Waals surface area contributed by atoms with Gasteiger partial charge in [0, 0.05) is 25.9 Å². The van der Waals surface area contributed by atoms with E-state index in [1.54, 1.807) is 16.7 Å². The van der Waals surface area contributed by atoms with Gasteiger partial charge in [-0.15, -0.1) is 0 Å². The number of ether oxygens (including phenoxy) is 1. The van der Waals surface area contributed by atoms with Crippen LogP contribution in [-0.2, 0) is 19.1 Å². The van der Waals surface area contributed by atoms with Crippen LogP contribution in [0.25, 0.3) is 0 Å². The minimum absolute atomic E-state index is 0.0374. The third kappa shape index (κ3) is 3.72. The molecular formula is C14H22N2O5. The number of rotatable bonds is 4. The van der Waals surface area contributed by atoms with Crippen molar-refractivity contribution < 1.29 is 24.2 Å². The second-order valence-corrected chi connectivity index (χ2v) is 6.11. The van der Waals surface area contributed by atoms with Crippen molar-refractivity contribution in [2.24, 2.45) is 5.92 Å². The molecule has 0 saturated carbocycles. The molecule has 118 valence electrons. The van der Waals surface area contributed by atoms with Crippen LogP contribution >= 0.6 is 0 Å². The van der Waals surface area contributed by atoms with Gasteiger partial charge in [0.1, 0.15) is 12.2 Å². The van der Waals surface area contributed by atoms with Gasteiger partial charge in [0.15, 0.2) is 0 Å². The molecule has 0 aromatic heterocycles. The molecule has 7 nitrogen and oxygen atoms in total. The maximum Gasteiger partial charge on any atom is 0.329 e. The van der Waals surface area contributed by atoms with E-state index in [2.05, 4.69) is 0 Å². The molecule has 21 heavy (non-hydrogen) atoms. The van der Waals surface area contributed by atoms with Crippen molar-refractivity contribution in [1.29, 1.82) is 0 Å². The Hall–Kier alpha value is -1.63. The summed E-state index contributed by atoms with van der Waals surface area (Å²) in [5.74, 6) is -0.892. The maximum atomic E-state index is 12.3. The number of hydrogen-bond acceptors (Lipinski definition) is 4. The Bertz CT molecular complexity index is 437. The van der Waals surface area contributed by atoms with E-state index in [1.165, 1.54) is 0 Å². The highest BCUT2D eigenvalue weighted by Crippen LogP contribution is 2.29. The molecule has 0 bridgehead atoms. The normalized spacial score (nSPS) is 21.8. The quantitative estimate of drug-likeness (QED) is 0.786. The van der Waals surface area contributed by atoms with Crippen molar-refractivity contribution in [2.45, 2.75) is 32.3 Å². The molecule has 7 heteroatoms. The lowest BCUT2D eigenvalue weighted by molar-refractivity contribution is -0.176. The zero-order chi connectivity index (χ0) is 15.6. The van der Waals surface area contributed by atoms with Crippen LogP contribution in [0.3, 0.4) is 0 Å². The zero-order valence-corrected chi connectivity index (χ0v) is 12.5. The summed E-state index contributed by atoms with van der Waals surface area (Å²) in [6.45, 7) is 5.16. The smallest absolute Gasteiger partial charge is 0.329 e. The van der Waals surface area contributed by atoms with E-state index in [1.807, 2.05) is 6.92 Å². The summed E-state index contributed by atoms with van der Waals surface area (Å²) >= 11 is 0. The number of piperidine rings is 1. The van der Waals surface area contributed by atoms with Crippen LogP contribution in [0.1, 0.15) is 26.7 Å². The Morgan fingerprint density at radius 3 is 2.24 bits per heavy atom. The number of hydrogen-bond donors (Lipinski definition) is 1. The lowest BCUT2D eigenvalue weighted by Crippen LogP contribution is -2.64. The van der Waals surface area contributed by atoms with E-state index >= 15 is 0 Å². The van der Waals surface area contributed by atoms with Crippen molar-refractivity contribution in [2.75, 3.05) is 32.8 Å². The van der Waals surface area contributed by atoms with Gasteiger partial charge < -0.3 is 19.6 Å². The van der Waals surface area contributed by atoms with Crippen molar-refractivity contribution >= 4 is 17.8 Å². The van der Waals surface area contributed by atoms with Gasteiger partial charge in [-0.1, -0.05) is 0 Å². The van der Waals surface area contributed by atoms with Gasteiger partial charge in [-0.3, -0.25) is 9.59 Å². The van der Waals surface area contributed by atoms with E-state index in [9.17, 15) is 14.4 Å². The number of amides is 2. The summed E-state index contributed by atoms with van der Waals surface area (Å²) in [6, 6.07) is 0. The van der Waals surface area contributed by atoms with Crippen LogP contribution < -0.4 is 0 Å². The molecule has 2 saturated heterocycles. The van der Waals surface area contributed by atoms with Crippen molar-refractivity contribution in [1.82, 2.24) is 9.80 Å². The number of carboxylic acids is 1. The van der Waals surface area contributed by atoms with E-state index in [0.717, 1.165) is 0 Å². The van der Waals surface area contributed by atoms with Gasteiger partial charge in [0.05, 0.1) is 13.1 Å². The predicted molar refractivity (Wildman–Crippen MR) is 73.6 cm³/mol. The summed E-state index contributed by atoms with van der Waals surface area (Å²) in [4.78, 5) is 37.6. The molecular weight excluding hydrogens is 276 g/mol. The number of likely N-dealkylation sites (tertiary alicyclic amines) is 2. The molecule has 0 radical (unpaired) electrons. The molecule has 2 amide bonds. The Kier molecular flexibility index (Phi) is 4.51. The van der Waals surface area contributed by atoms with Crippen LogP contribution in [0.5, 0.6) is 0 Å². The topological polar surface area (TPSA) is 87.2 Å². The highest BCUT2D eigenvalue weighted by Gasteiger charge is 2.44. The van der Waals surface area contributed by atoms with Gasteiger partial charge in [-0.25, -0.2) is 4.79 Å². The van der Waals surface area contributed by atoms with E-state index < -0.39 is 11.6 Å². The number of carbonyl (C=O) groups excluding carboxylic acids is 2. The predicted octanol–water partition coefficient (Wildman–Crippen LogP) is -0.0530. The molecule has 2 aliphatic heterocycles. The number of nitrogens with zero attached hydrogens (tertiary/aromatic N) is 2. The summed E-state index contributed by atoms with van der Waals surface area (Å²) in [5, 5.41) is 8.61. The first-order valence-electron chi connectivity index (χ1n) is 7.21. The molecule has 0 atom stereocenters. The third-order valence-corrected chi connectivity index (χ3v) is 4.20. The SMILES string of the molecule is CC(=O)N1CCC(C(=O)N2CC(C)(OCC(=O)O)C2)CC1. The molecule has 0 unspecified atom stereocenters. The van der Waals surface area contributed by atoms with Gasteiger partial charge in [0.25, 0.3) is 0 Å². The maximum absolute atomic E-state index is 12.3. The summed E-state index contributed by atoms with van der Waals surface area (Å²) in [5.41, 5.74) is -0.547. The number of carboxylic acid groups (broad SMARTS) is 1. The fraction of sp³-hybridized carbons (Fsp3) is 0.786. The lowest BCUT2D eigenvalue weighted by Gasteiger charge is -2.48. The molecule has 2 fully saturated rings. The average Bonchev–Trinajstić information content (AvgIpc) is 2.41. The Labute approximate surface area is 123 Å². The standard InChI is InChI=1S/C14H22N2O5/c1-10(17)15-5-3-11(4-6-15)13(20)16-8-14(2,9-16)21-7-12(18)19/h11H,3-9H2,1-2H3,(H,18,19). The molecule has 2 rings (SSSR count). The van der Waals surface area contributed by atoms with Gasteiger partial charge in [-0.05, 0) is 19.8 Å². The second-order valence-electron chi connectivity index (χ2n) is 6.11. The van der Waals surface area contributed by atoms with Crippen LogP contribution in [-0.4, -0.2) is 71.1 Å². The third-order valence-electron chi connectivity index (χ3n) is 4.20. The average molecular weight is 298 g/mol. The lowest BCUT2D eigenvalue weighted by atomic mass is 9.90. The summed E-state index contributed by atoms with van der Waals surface area (Å²) in [6.07, 6.45) is 1.39. The van der Waals surface area contributed by atoms with Gasteiger partial charge in [0.2, 0.25) is 11.8 Å². The first-order chi connectivity index (χ1) is 9.81. The molecule has 0 aromatic rings. The van der Waals surface area contributed by atoms with E-state index in [0.29, 0.717) is 39.0 Å². The minimum Gasteiger partial charge on any atom is -0.480 e. The highest BCUT2D eigenvalue weighted by molar-refractivity contribution is 5.80. The van der Waals surface area contributed by atoms with Crippen LogP contribution in [0.15, 0.2) is 0 Å². The molecule has 0 aliphatic carbocycles. The van der Waals surface area contributed by atoms with Gasteiger partial charge >= 0.3 is 5.97 Å². The second kappa shape index (κ2) is 6.01. The van der Waals surface area contributed by atoms with Crippen molar-refractivity contribution in [3.8, 4) is 0 Å². The Morgan fingerprint density at radius 1 is 1.19 bits per heavy atom. The Morgan fingerprint density at radius 2 is 1.76 bits per heavy atom. The van der Waals surface area contributed by atoms with Crippen LogP contribution in [0, 0.1) is 5.92 Å². The first-order valence-corrected chi connectivity index (χ1v) is 7.21. The van der Waals surface area contributed by atoms with E-state index in [-0.39, 0.29) is 24.3 Å². The van der Waals surface area contributed by atoms with Crippen molar-refractivity contribution in [3.63, 3.8) is 0 Å². The number of aliphatic carboxylic acids is 1. The fourth-order valence-corrected chi connectivity index (χ4v) is 2.94. The molecule has 0 spiro atoms.